The highest BCUT2D eigenvalue weighted by molar-refractivity contribution is 6.03. The number of rotatable bonds is 8. The van der Waals surface area contributed by atoms with Crippen molar-refractivity contribution in [2.24, 2.45) is 7.05 Å². The van der Waals surface area contributed by atoms with Gasteiger partial charge in [-0.2, -0.15) is 4.98 Å². The van der Waals surface area contributed by atoms with Gasteiger partial charge in [0, 0.05) is 68.5 Å². The van der Waals surface area contributed by atoms with Crippen LogP contribution in [0.2, 0.25) is 0 Å². The minimum absolute atomic E-state index is 0.159. The molecule has 3 aromatic heterocycles. The number of aromatic amines is 1. The monoisotopic (exact) mass is 514 g/mol. The molecule has 9 nitrogen and oxygen atoms in total. The normalized spacial score (nSPS) is 11.4. The maximum atomic E-state index is 14.9. The summed E-state index contributed by atoms with van der Waals surface area (Å²) < 4.78 is 16.8. The zero-order valence-electron chi connectivity index (χ0n) is 22.1. The number of fused-ring (bicyclic) bond motifs is 2. The van der Waals surface area contributed by atoms with Crippen LogP contribution in [0.5, 0.6) is 0 Å². The summed E-state index contributed by atoms with van der Waals surface area (Å²) in [4.78, 5) is 28.8. The Morgan fingerprint density at radius 2 is 1.92 bits per heavy atom. The Kier molecular flexibility index (Phi) is 6.73. The van der Waals surface area contributed by atoms with Crippen molar-refractivity contribution in [1.29, 1.82) is 0 Å². The molecule has 5 aromatic rings. The lowest BCUT2D eigenvalue weighted by atomic mass is 10.1. The Hall–Kier alpha value is -4.44. The molecule has 0 radical (unpaired) electrons. The van der Waals surface area contributed by atoms with Gasteiger partial charge in [-0.05, 0) is 50.5 Å². The van der Waals surface area contributed by atoms with Crippen LogP contribution in [0.1, 0.15) is 6.92 Å². The Morgan fingerprint density at radius 1 is 1.11 bits per heavy atom. The SMILES string of the molecule is CC(=O)Nc1cc(Nc2nc(-c3cn(C)c4cccc(F)c34)c3cc[nH]c3n2)ccc1N(C)CCN(C)C. The molecule has 3 N–H and O–H groups in total. The van der Waals surface area contributed by atoms with Crippen molar-refractivity contribution in [3.63, 3.8) is 0 Å². The molecule has 0 aliphatic heterocycles. The second kappa shape index (κ2) is 10.1. The quantitative estimate of drug-likeness (QED) is 0.271. The Labute approximate surface area is 220 Å². The first kappa shape index (κ1) is 25.2. The van der Waals surface area contributed by atoms with E-state index in [2.05, 4.69) is 30.4 Å². The number of carbonyl (C=O) groups excluding carboxylic acids is 1. The first-order valence-corrected chi connectivity index (χ1v) is 12.3. The Balaban J connectivity index is 1.55. The van der Waals surface area contributed by atoms with Crippen LogP contribution in [-0.4, -0.2) is 64.6 Å². The van der Waals surface area contributed by atoms with Gasteiger partial charge in [0.1, 0.15) is 11.5 Å². The third-order valence-electron chi connectivity index (χ3n) is 6.49. The third-order valence-corrected chi connectivity index (χ3v) is 6.49. The molecule has 0 aliphatic rings. The van der Waals surface area contributed by atoms with Gasteiger partial charge in [-0.1, -0.05) is 6.07 Å². The lowest BCUT2D eigenvalue weighted by Gasteiger charge is -2.24. The molecule has 5 rings (SSSR count). The molecule has 0 fully saturated rings. The smallest absolute Gasteiger partial charge is 0.229 e. The maximum Gasteiger partial charge on any atom is 0.229 e. The van der Waals surface area contributed by atoms with Gasteiger partial charge in [-0.3, -0.25) is 4.79 Å². The number of amides is 1. The highest BCUT2D eigenvalue weighted by Crippen LogP contribution is 2.36. The molecule has 1 amide bonds. The average molecular weight is 515 g/mol. The van der Waals surface area contributed by atoms with E-state index in [-0.39, 0.29) is 11.7 Å². The average Bonchev–Trinajstić information content (AvgIpc) is 3.47. The molecule has 38 heavy (non-hydrogen) atoms. The van der Waals surface area contributed by atoms with Gasteiger partial charge in [0.25, 0.3) is 0 Å². The van der Waals surface area contributed by atoms with Gasteiger partial charge >= 0.3 is 0 Å². The number of nitrogens with zero attached hydrogens (tertiary/aromatic N) is 5. The van der Waals surface area contributed by atoms with E-state index in [1.165, 1.54) is 13.0 Å². The molecular weight excluding hydrogens is 483 g/mol. The molecule has 0 saturated heterocycles. The van der Waals surface area contributed by atoms with E-state index in [0.29, 0.717) is 39.6 Å². The van der Waals surface area contributed by atoms with Gasteiger partial charge in [0.05, 0.1) is 22.6 Å². The minimum atomic E-state index is -0.302. The summed E-state index contributed by atoms with van der Waals surface area (Å²) in [6, 6.07) is 12.7. The molecule has 0 atom stereocenters. The van der Waals surface area contributed by atoms with Crippen LogP contribution < -0.4 is 15.5 Å². The van der Waals surface area contributed by atoms with Crippen molar-refractivity contribution in [2.75, 3.05) is 49.8 Å². The summed E-state index contributed by atoms with van der Waals surface area (Å²) in [7, 11) is 7.94. The summed E-state index contributed by atoms with van der Waals surface area (Å²) in [6.45, 7) is 3.16. The lowest BCUT2D eigenvalue weighted by Crippen LogP contribution is -2.29. The minimum Gasteiger partial charge on any atom is -0.372 e. The first-order valence-electron chi connectivity index (χ1n) is 12.3. The van der Waals surface area contributed by atoms with Gasteiger partial charge in [0.2, 0.25) is 11.9 Å². The number of aryl methyl sites for hydroxylation is 1. The fourth-order valence-electron chi connectivity index (χ4n) is 4.62. The summed E-state index contributed by atoms with van der Waals surface area (Å²) in [6.07, 6.45) is 3.68. The van der Waals surface area contributed by atoms with Crippen LogP contribution in [0.3, 0.4) is 0 Å². The maximum absolute atomic E-state index is 14.9. The number of H-pyrrole nitrogens is 1. The third kappa shape index (κ3) is 4.90. The van der Waals surface area contributed by atoms with Crippen molar-refractivity contribution >= 4 is 50.9 Å². The predicted octanol–water partition coefficient (Wildman–Crippen LogP) is 4.96. The molecule has 0 bridgehead atoms. The number of halogens is 1. The lowest BCUT2D eigenvalue weighted by molar-refractivity contribution is -0.114. The molecule has 0 saturated carbocycles. The number of aromatic nitrogens is 4. The summed E-state index contributed by atoms with van der Waals surface area (Å²) in [5.74, 6) is -0.108. The van der Waals surface area contributed by atoms with Crippen LogP contribution in [0, 0.1) is 5.82 Å². The van der Waals surface area contributed by atoms with Crippen LogP contribution in [0.25, 0.3) is 33.2 Å². The van der Waals surface area contributed by atoms with Crippen molar-refractivity contribution in [3.05, 3.63) is 60.7 Å². The van der Waals surface area contributed by atoms with E-state index in [1.807, 2.05) is 69.3 Å². The largest absolute Gasteiger partial charge is 0.372 e. The van der Waals surface area contributed by atoms with Crippen LogP contribution >= 0.6 is 0 Å². The van der Waals surface area contributed by atoms with Crippen LogP contribution in [0.4, 0.5) is 27.4 Å². The summed E-state index contributed by atoms with van der Waals surface area (Å²) >= 11 is 0. The number of benzene rings is 2. The van der Waals surface area contributed by atoms with Gasteiger partial charge in [-0.15, -0.1) is 0 Å². The molecule has 2 aromatic carbocycles. The zero-order chi connectivity index (χ0) is 27.0. The molecule has 3 heterocycles. The highest BCUT2D eigenvalue weighted by Gasteiger charge is 2.19. The summed E-state index contributed by atoms with van der Waals surface area (Å²) in [5, 5.41) is 7.52. The second-order valence-corrected chi connectivity index (χ2v) is 9.69. The molecule has 10 heteroatoms. The fourth-order valence-corrected chi connectivity index (χ4v) is 4.62. The molecule has 196 valence electrons. The number of hydrogen-bond acceptors (Lipinski definition) is 6. The number of hydrogen-bond donors (Lipinski definition) is 3. The fraction of sp³-hybridized carbons (Fsp3) is 0.250. The highest BCUT2D eigenvalue weighted by atomic mass is 19.1. The number of anilines is 4. The second-order valence-electron chi connectivity index (χ2n) is 9.69. The van der Waals surface area contributed by atoms with Crippen molar-refractivity contribution in [3.8, 4) is 11.3 Å². The van der Waals surface area contributed by atoms with Gasteiger partial charge in [-0.25, -0.2) is 9.37 Å². The standard InChI is InChI=1S/C28H31FN8O/c1-17(38)31-22-15-18(9-10-23(22)36(4)14-13-35(2)3)32-28-33-26(19-11-12-30-27(19)34-28)20-16-37(5)24-8-6-7-21(29)25(20)24/h6-12,15-16H,13-14H2,1-5H3,(H,31,38)(H2,30,32,33,34). The van der Waals surface area contributed by atoms with E-state index >= 15 is 0 Å². The van der Waals surface area contributed by atoms with E-state index in [1.54, 1.807) is 12.3 Å². The summed E-state index contributed by atoms with van der Waals surface area (Å²) in [5.41, 5.74) is 5.02. The van der Waals surface area contributed by atoms with Gasteiger partial charge in [0.15, 0.2) is 0 Å². The van der Waals surface area contributed by atoms with Crippen molar-refractivity contribution in [2.45, 2.75) is 6.92 Å². The van der Waals surface area contributed by atoms with Crippen LogP contribution in [0.15, 0.2) is 54.9 Å². The molecule has 0 unspecified atom stereocenters. The first-order chi connectivity index (χ1) is 18.2. The van der Waals surface area contributed by atoms with E-state index in [4.69, 9.17) is 4.98 Å². The Bertz CT molecular complexity index is 1640. The zero-order valence-corrected chi connectivity index (χ0v) is 22.1. The number of likely N-dealkylation sites (N-methyl/N-ethyl adjacent to an activating group) is 2. The topological polar surface area (TPSA) is 94.1 Å². The van der Waals surface area contributed by atoms with Crippen LogP contribution in [-0.2, 0) is 11.8 Å². The molecular formula is C28H31FN8O. The van der Waals surface area contributed by atoms with Crippen molar-refractivity contribution in [1.82, 2.24) is 24.4 Å². The number of nitrogens with one attached hydrogen (secondary N) is 3. The van der Waals surface area contributed by atoms with E-state index < -0.39 is 0 Å². The van der Waals surface area contributed by atoms with Gasteiger partial charge < -0.3 is 30.0 Å². The molecule has 0 spiro atoms. The predicted molar refractivity (Wildman–Crippen MR) is 152 cm³/mol. The van der Waals surface area contributed by atoms with E-state index in [9.17, 15) is 9.18 Å². The Morgan fingerprint density at radius 3 is 2.68 bits per heavy atom. The molecule has 0 aliphatic carbocycles. The van der Waals surface area contributed by atoms with Crippen molar-refractivity contribution < 1.29 is 9.18 Å². The van der Waals surface area contributed by atoms with E-state index in [0.717, 1.165) is 29.7 Å². The number of carbonyl (C=O) groups is 1.